The van der Waals surface area contributed by atoms with E-state index >= 15 is 0 Å². The first-order valence-corrected chi connectivity index (χ1v) is 11.7. The van der Waals surface area contributed by atoms with Crippen molar-refractivity contribution in [1.82, 2.24) is 0 Å². The number of hydrogen-bond acceptors (Lipinski definition) is 6. The SMILES string of the molecule is O=S(=O)(c1ccc(F)c(F)c1F)S(=O)(=O)S(=O)(=O)c1ccc(F)c(F)c1F. The smallest absolute Gasteiger partial charge is 0.206 e. The fraction of sp³-hybridized carbons (Fsp3) is 0. The maximum atomic E-state index is 13.6. The van der Waals surface area contributed by atoms with Crippen molar-refractivity contribution in [1.29, 1.82) is 0 Å². The molecule has 2 aromatic rings. The Morgan fingerprint density at radius 3 is 1.07 bits per heavy atom. The molecule has 148 valence electrons. The van der Waals surface area contributed by atoms with Gasteiger partial charge in [-0.15, -0.1) is 0 Å². The van der Waals surface area contributed by atoms with Gasteiger partial charge in [-0.3, -0.25) is 0 Å². The van der Waals surface area contributed by atoms with E-state index in [1.165, 1.54) is 0 Å². The molecule has 0 atom stereocenters. The topological polar surface area (TPSA) is 102 Å². The summed E-state index contributed by atoms with van der Waals surface area (Å²) < 4.78 is 152. The highest BCUT2D eigenvalue weighted by Crippen LogP contribution is 2.32. The van der Waals surface area contributed by atoms with Crippen molar-refractivity contribution in [2.24, 2.45) is 0 Å². The van der Waals surface area contributed by atoms with Crippen molar-refractivity contribution in [2.45, 2.75) is 9.79 Å². The normalized spacial score (nSPS) is 13.0. The van der Waals surface area contributed by atoms with Gasteiger partial charge in [-0.1, -0.05) is 0 Å². The maximum absolute atomic E-state index is 13.6. The van der Waals surface area contributed by atoms with Gasteiger partial charge < -0.3 is 0 Å². The van der Waals surface area contributed by atoms with Gasteiger partial charge in [0.1, 0.15) is 9.79 Å². The van der Waals surface area contributed by atoms with Crippen LogP contribution in [0.4, 0.5) is 26.3 Å². The lowest BCUT2D eigenvalue weighted by Gasteiger charge is -2.10. The lowest BCUT2D eigenvalue weighted by molar-refractivity contribution is 0.432. The van der Waals surface area contributed by atoms with Crippen LogP contribution in [0.25, 0.3) is 0 Å². The Labute approximate surface area is 146 Å². The molecule has 27 heavy (non-hydrogen) atoms. The second-order valence-corrected chi connectivity index (χ2v) is 14.1. The summed E-state index contributed by atoms with van der Waals surface area (Å²) in [5, 5.41) is 0. The van der Waals surface area contributed by atoms with Crippen molar-refractivity contribution in [3.63, 3.8) is 0 Å². The molecule has 0 unspecified atom stereocenters. The highest BCUT2D eigenvalue weighted by atomic mass is 33.6. The molecule has 0 N–H and O–H groups in total. The second kappa shape index (κ2) is 6.49. The van der Waals surface area contributed by atoms with Crippen molar-refractivity contribution in [3.05, 3.63) is 59.2 Å². The van der Waals surface area contributed by atoms with Crippen LogP contribution in [-0.2, 0) is 25.6 Å². The van der Waals surface area contributed by atoms with E-state index in [9.17, 15) is 51.6 Å². The third-order valence-electron chi connectivity index (χ3n) is 3.08. The highest BCUT2D eigenvalue weighted by molar-refractivity contribution is 8.99. The molecule has 0 bridgehead atoms. The van der Waals surface area contributed by atoms with Gasteiger partial charge in [-0.2, -0.15) is 8.42 Å². The summed E-state index contributed by atoms with van der Waals surface area (Å²) in [4.78, 5) is -4.18. The van der Waals surface area contributed by atoms with E-state index in [0.717, 1.165) is 0 Å². The van der Waals surface area contributed by atoms with Crippen LogP contribution in [0.1, 0.15) is 0 Å². The Morgan fingerprint density at radius 2 is 0.778 bits per heavy atom. The summed E-state index contributed by atoms with van der Waals surface area (Å²) in [7, 11) is -19.3. The van der Waals surface area contributed by atoms with E-state index in [0.29, 0.717) is 0 Å². The Hall–Kier alpha value is -2.13. The summed E-state index contributed by atoms with van der Waals surface area (Å²) in [6, 6.07) is -0.188. The summed E-state index contributed by atoms with van der Waals surface area (Å²) >= 11 is 0. The zero-order valence-corrected chi connectivity index (χ0v) is 14.7. The van der Waals surface area contributed by atoms with E-state index in [1.807, 2.05) is 0 Å². The number of rotatable bonds is 4. The lowest BCUT2D eigenvalue weighted by atomic mass is 10.3. The van der Waals surface area contributed by atoms with Crippen LogP contribution < -0.4 is 0 Å². The third kappa shape index (κ3) is 2.98. The molecule has 6 nitrogen and oxygen atoms in total. The first-order chi connectivity index (χ1) is 12.2. The molecule has 0 heterocycles. The van der Waals surface area contributed by atoms with Crippen molar-refractivity contribution in [2.75, 3.05) is 0 Å². The molecule has 0 aromatic heterocycles. The number of hydrogen-bond donors (Lipinski definition) is 0. The Balaban J connectivity index is 2.82. The first kappa shape index (κ1) is 21.2. The first-order valence-electron chi connectivity index (χ1n) is 6.20. The van der Waals surface area contributed by atoms with E-state index < -0.39 is 70.3 Å². The van der Waals surface area contributed by atoms with Gasteiger partial charge in [0.15, 0.2) is 34.9 Å². The summed E-state index contributed by atoms with van der Waals surface area (Å²) in [6.07, 6.45) is 0. The molecular formula is C12H4F6O6S3. The van der Waals surface area contributed by atoms with Crippen LogP contribution in [-0.4, -0.2) is 25.3 Å². The van der Waals surface area contributed by atoms with Crippen LogP contribution in [0.2, 0.25) is 0 Å². The average Bonchev–Trinajstić information content (AvgIpc) is 2.56. The van der Waals surface area contributed by atoms with Crippen molar-refractivity contribution in [3.8, 4) is 0 Å². The zero-order chi connectivity index (χ0) is 20.9. The van der Waals surface area contributed by atoms with Crippen LogP contribution in [0, 0.1) is 34.9 Å². The highest BCUT2D eigenvalue weighted by Gasteiger charge is 2.48. The number of benzene rings is 2. The molecule has 2 aromatic carbocycles. The molecule has 0 aliphatic rings. The molecule has 0 aliphatic carbocycles. The van der Waals surface area contributed by atoms with Gasteiger partial charge in [-0.25, -0.2) is 43.2 Å². The molecule has 0 spiro atoms. The van der Waals surface area contributed by atoms with E-state index in [1.54, 1.807) is 0 Å². The van der Waals surface area contributed by atoms with Gasteiger partial charge in [0, 0.05) is 0 Å². The minimum absolute atomic E-state index is 0.00835. The second-order valence-electron chi connectivity index (χ2n) is 4.66. The van der Waals surface area contributed by atoms with Crippen LogP contribution in [0.15, 0.2) is 34.1 Å². The molecule has 0 amide bonds. The monoisotopic (exact) mass is 454 g/mol. The van der Waals surface area contributed by atoms with Crippen molar-refractivity contribution >= 4 is 25.6 Å². The number of halogens is 6. The third-order valence-corrected chi connectivity index (χ3v) is 13.4. The Morgan fingerprint density at radius 1 is 0.481 bits per heavy atom. The molecular weight excluding hydrogens is 450 g/mol. The lowest BCUT2D eigenvalue weighted by Crippen LogP contribution is -2.27. The molecule has 0 fully saturated rings. The Kier molecular flexibility index (Phi) is 5.09. The van der Waals surface area contributed by atoms with Gasteiger partial charge in [0.05, 0.1) is 0 Å². The van der Waals surface area contributed by atoms with Gasteiger partial charge in [0.2, 0.25) is 0 Å². The van der Waals surface area contributed by atoms with Gasteiger partial charge in [-0.05, 0) is 24.3 Å². The molecule has 2 rings (SSSR count). The molecule has 0 radical (unpaired) electrons. The van der Waals surface area contributed by atoms with Crippen LogP contribution in [0.5, 0.6) is 0 Å². The fourth-order valence-electron chi connectivity index (χ4n) is 1.74. The van der Waals surface area contributed by atoms with E-state index in [2.05, 4.69) is 0 Å². The van der Waals surface area contributed by atoms with Crippen molar-refractivity contribution < 1.29 is 51.6 Å². The van der Waals surface area contributed by atoms with E-state index in [4.69, 9.17) is 0 Å². The van der Waals surface area contributed by atoms with Crippen LogP contribution >= 0.6 is 0 Å². The largest absolute Gasteiger partial charge is 0.366 e. The maximum Gasteiger partial charge on any atom is 0.366 e. The summed E-state index contributed by atoms with van der Waals surface area (Å²) in [5.74, 6) is -13.8. The van der Waals surface area contributed by atoms with E-state index in [-0.39, 0.29) is 24.3 Å². The minimum atomic E-state index is -6.66. The molecule has 0 saturated heterocycles. The zero-order valence-electron chi connectivity index (χ0n) is 12.3. The van der Waals surface area contributed by atoms with Gasteiger partial charge >= 0.3 is 7.90 Å². The predicted octanol–water partition coefficient (Wildman–Crippen LogP) is 2.01. The standard InChI is InChI=1S/C12H4F6O6S3/c13-5-1-3-7(11(17)9(5)15)25(19,20)27(23,24)26(21,22)8-4-2-6(14)10(16)12(8)18/h1-4H. The van der Waals surface area contributed by atoms with Crippen LogP contribution in [0.3, 0.4) is 0 Å². The average molecular weight is 454 g/mol. The van der Waals surface area contributed by atoms with Gasteiger partial charge in [0.25, 0.3) is 17.7 Å². The quantitative estimate of drug-likeness (QED) is 0.398. The predicted molar refractivity (Wildman–Crippen MR) is 75.9 cm³/mol. The summed E-state index contributed by atoms with van der Waals surface area (Å²) in [5.41, 5.74) is 0. The fourth-order valence-corrected chi connectivity index (χ4v) is 9.75. The summed E-state index contributed by atoms with van der Waals surface area (Å²) in [6.45, 7) is 0. The molecule has 15 heteroatoms. The molecule has 0 saturated carbocycles. The minimum Gasteiger partial charge on any atom is -0.206 e. The molecule has 0 aliphatic heterocycles. The Bertz CT molecular complexity index is 1180.